The average molecular weight is 252 g/mol. The monoisotopic (exact) mass is 252 g/mol. The van der Waals surface area contributed by atoms with E-state index in [-0.39, 0.29) is 6.04 Å². The first-order chi connectivity index (χ1) is 9.25. The fourth-order valence-corrected chi connectivity index (χ4v) is 2.51. The molecule has 0 saturated heterocycles. The molecule has 0 fully saturated rings. The normalized spacial score (nSPS) is 18.5. The van der Waals surface area contributed by atoms with Crippen LogP contribution in [0.25, 0.3) is 0 Å². The van der Waals surface area contributed by atoms with Gasteiger partial charge in [0.15, 0.2) is 0 Å². The Kier molecular flexibility index (Phi) is 2.95. The zero-order chi connectivity index (χ0) is 13.2. The minimum Gasteiger partial charge on any atom is -0.507 e. The molecule has 2 aromatic carbocycles. The summed E-state index contributed by atoms with van der Waals surface area (Å²) >= 11 is 0. The maximum Gasteiger partial charge on any atom is 0.124 e. The second-order valence-corrected chi connectivity index (χ2v) is 4.77. The first-order valence-electron chi connectivity index (χ1n) is 6.39. The van der Waals surface area contributed by atoms with Crippen LogP contribution < -0.4 is 0 Å². The van der Waals surface area contributed by atoms with Gasteiger partial charge in [0.05, 0.1) is 11.8 Å². The first kappa shape index (κ1) is 11.8. The number of para-hydroxylation sites is 1. The van der Waals surface area contributed by atoms with Crippen LogP contribution in [0.5, 0.6) is 5.75 Å². The van der Waals surface area contributed by atoms with Crippen molar-refractivity contribution in [3.05, 3.63) is 65.7 Å². The van der Waals surface area contributed by atoms with E-state index >= 15 is 0 Å². The molecule has 3 heteroatoms. The van der Waals surface area contributed by atoms with Crippen molar-refractivity contribution in [1.82, 2.24) is 5.01 Å². The number of hydrogen-bond acceptors (Lipinski definition) is 3. The maximum atomic E-state index is 9.91. The Balaban J connectivity index is 1.89. The minimum absolute atomic E-state index is 0.246. The second kappa shape index (κ2) is 4.76. The van der Waals surface area contributed by atoms with Crippen LogP contribution in [0.15, 0.2) is 59.7 Å². The quantitative estimate of drug-likeness (QED) is 0.891. The van der Waals surface area contributed by atoms with Crippen molar-refractivity contribution in [3.8, 4) is 5.75 Å². The van der Waals surface area contributed by atoms with Crippen LogP contribution in [0.4, 0.5) is 0 Å². The summed E-state index contributed by atoms with van der Waals surface area (Å²) in [6.45, 7) is 0. The van der Waals surface area contributed by atoms with Crippen molar-refractivity contribution in [2.24, 2.45) is 5.10 Å². The van der Waals surface area contributed by atoms with Gasteiger partial charge in [-0.25, -0.2) is 0 Å². The Morgan fingerprint density at radius 3 is 2.47 bits per heavy atom. The van der Waals surface area contributed by atoms with Crippen molar-refractivity contribution >= 4 is 5.71 Å². The molecule has 0 radical (unpaired) electrons. The van der Waals surface area contributed by atoms with E-state index in [1.165, 1.54) is 5.56 Å². The standard InChI is InChI=1S/C16H16N2O/c1-18-15(12-7-3-2-4-8-12)11-14(17-18)13-9-5-6-10-16(13)19/h2-10,15,19H,11H2,1H3. The van der Waals surface area contributed by atoms with Gasteiger partial charge in [0.2, 0.25) is 0 Å². The van der Waals surface area contributed by atoms with Crippen molar-refractivity contribution < 1.29 is 5.11 Å². The minimum atomic E-state index is 0.246. The smallest absolute Gasteiger partial charge is 0.124 e. The first-order valence-corrected chi connectivity index (χ1v) is 6.39. The van der Waals surface area contributed by atoms with Crippen LogP contribution in [-0.2, 0) is 0 Å². The molecule has 3 rings (SSSR count). The Morgan fingerprint density at radius 2 is 1.74 bits per heavy atom. The molecule has 1 aliphatic rings. The third-order valence-corrected chi connectivity index (χ3v) is 3.52. The maximum absolute atomic E-state index is 9.91. The highest BCUT2D eigenvalue weighted by Gasteiger charge is 2.26. The highest BCUT2D eigenvalue weighted by Crippen LogP contribution is 2.32. The van der Waals surface area contributed by atoms with Gasteiger partial charge in [0.25, 0.3) is 0 Å². The third-order valence-electron chi connectivity index (χ3n) is 3.52. The molecule has 0 spiro atoms. The lowest BCUT2D eigenvalue weighted by molar-refractivity contribution is 0.290. The third kappa shape index (κ3) is 2.19. The fraction of sp³-hybridized carbons (Fsp3) is 0.188. The van der Waals surface area contributed by atoms with Crippen LogP contribution in [-0.4, -0.2) is 22.9 Å². The molecule has 2 aromatic rings. The van der Waals surface area contributed by atoms with Crippen LogP contribution in [0.1, 0.15) is 23.6 Å². The summed E-state index contributed by atoms with van der Waals surface area (Å²) in [5.74, 6) is 0.295. The molecule has 19 heavy (non-hydrogen) atoms. The molecule has 0 aliphatic carbocycles. The van der Waals surface area contributed by atoms with Gasteiger partial charge in [-0.15, -0.1) is 0 Å². The zero-order valence-corrected chi connectivity index (χ0v) is 10.8. The van der Waals surface area contributed by atoms with Crippen molar-refractivity contribution in [2.45, 2.75) is 12.5 Å². The average Bonchev–Trinajstić information content (AvgIpc) is 2.82. The number of nitrogens with zero attached hydrogens (tertiary/aromatic N) is 2. The van der Waals surface area contributed by atoms with Crippen molar-refractivity contribution in [3.63, 3.8) is 0 Å². The molecule has 0 amide bonds. The summed E-state index contributed by atoms with van der Waals surface area (Å²) in [6.07, 6.45) is 0.818. The van der Waals surface area contributed by atoms with Gasteiger partial charge in [-0.3, -0.25) is 5.01 Å². The number of phenolic OH excluding ortho intramolecular Hbond substituents is 1. The largest absolute Gasteiger partial charge is 0.507 e. The molecule has 1 aliphatic heterocycles. The van der Waals surface area contributed by atoms with E-state index in [0.29, 0.717) is 5.75 Å². The van der Waals surface area contributed by atoms with Crippen LogP contribution >= 0.6 is 0 Å². The number of aromatic hydroxyl groups is 1. The van der Waals surface area contributed by atoms with Gasteiger partial charge in [-0.2, -0.15) is 5.10 Å². The van der Waals surface area contributed by atoms with Gasteiger partial charge in [0.1, 0.15) is 5.75 Å². The highest BCUT2D eigenvalue weighted by atomic mass is 16.3. The lowest BCUT2D eigenvalue weighted by atomic mass is 9.98. The SMILES string of the molecule is CN1N=C(c2ccccc2O)CC1c1ccccc1. The predicted octanol–water partition coefficient (Wildman–Crippen LogP) is 3.17. The summed E-state index contributed by atoms with van der Waals surface area (Å²) in [5.41, 5.74) is 3.02. The molecule has 0 saturated carbocycles. The van der Waals surface area contributed by atoms with Gasteiger partial charge in [-0.1, -0.05) is 42.5 Å². The highest BCUT2D eigenvalue weighted by molar-refractivity contribution is 6.03. The van der Waals surface area contributed by atoms with E-state index in [2.05, 4.69) is 17.2 Å². The number of phenols is 1. The molecular weight excluding hydrogens is 236 g/mol. The van der Waals surface area contributed by atoms with E-state index in [1.807, 2.05) is 48.5 Å². The lowest BCUT2D eigenvalue weighted by Crippen LogP contribution is -2.13. The van der Waals surface area contributed by atoms with E-state index in [4.69, 9.17) is 0 Å². The van der Waals surface area contributed by atoms with Gasteiger partial charge in [0, 0.05) is 19.0 Å². The molecule has 1 N–H and O–H groups in total. The fourth-order valence-electron chi connectivity index (χ4n) is 2.51. The van der Waals surface area contributed by atoms with Gasteiger partial charge in [-0.05, 0) is 17.7 Å². The second-order valence-electron chi connectivity index (χ2n) is 4.77. The van der Waals surface area contributed by atoms with E-state index in [1.54, 1.807) is 6.07 Å². The van der Waals surface area contributed by atoms with E-state index in [9.17, 15) is 5.11 Å². The number of hydrazone groups is 1. The van der Waals surface area contributed by atoms with E-state index in [0.717, 1.165) is 17.7 Å². The predicted molar refractivity (Wildman–Crippen MR) is 76.2 cm³/mol. The summed E-state index contributed by atoms with van der Waals surface area (Å²) in [4.78, 5) is 0. The Labute approximate surface area is 112 Å². The molecular formula is C16H16N2O. The molecule has 1 atom stereocenters. The lowest BCUT2D eigenvalue weighted by Gasteiger charge is -2.18. The summed E-state index contributed by atoms with van der Waals surface area (Å²) in [7, 11) is 1.98. The topological polar surface area (TPSA) is 35.8 Å². The molecule has 0 aromatic heterocycles. The Hall–Kier alpha value is -2.29. The van der Waals surface area contributed by atoms with E-state index < -0.39 is 0 Å². The molecule has 1 unspecified atom stereocenters. The van der Waals surface area contributed by atoms with Gasteiger partial charge < -0.3 is 5.11 Å². The number of hydrogen-bond donors (Lipinski definition) is 1. The molecule has 1 heterocycles. The van der Waals surface area contributed by atoms with Gasteiger partial charge >= 0.3 is 0 Å². The Bertz CT molecular complexity index is 607. The number of rotatable bonds is 2. The Morgan fingerprint density at radius 1 is 1.05 bits per heavy atom. The summed E-state index contributed by atoms with van der Waals surface area (Å²) in [6, 6.07) is 17.9. The molecule has 3 nitrogen and oxygen atoms in total. The zero-order valence-electron chi connectivity index (χ0n) is 10.8. The number of benzene rings is 2. The van der Waals surface area contributed by atoms with Crippen molar-refractivity contribution in [2.75, 3.05) is 7.05 Å². The summed E-state index contributed by atoms with van der Waals surface area (Å²) < 4.78 is 0. The molecule has 0 bridgehead atoms. The molecule has 96 valence electrons. The van der Waals surface area contributed by atoms with Crippen LogP contribution in [0.2, 0.25) is 0 Å². The van der Waals surface area contributed by atoms with Crippen LogP contribution in [0, 0.1) is 0 Å². The van der Waals surface area contributed by atoms with Crippen molar-refractivity contribution in [1.29, 1.82) is 0 Å². The van der Waals surface area contributed by atoms with Crippen LogP contribution in [0.3, 0.4) is 0 Å². The summed E-state index contributed by atoms with van der Waals surface area (Å²) in [5, 5.41) is 16.5.